The zero-order valence-corrected chi connectivity index (χ0v) is 20.9. The summed E-state index contributed by atoms with van der Waals surface area (Å²) in [4.78, 5) is 16.0. The maximum atomic E-state index is 11.8. The Kier molecular flexibility index (Phi) is 12.0. The van der Waals surface area contributed by atoms with Crippen LogP contribution in [0.4, 0.5) is 0 Å². The van der Waals surface area contributed by atoms with E-state index >= 15 is 0 Å². The molecule has 3 N–H and O–H groups in total. The van der Waals surface area contributed by atoms with Crippen molar-refractivity contribution in [1.82, 2.24) is 16.0 Å². The lowest BCUT2D eigenvalue weighted by Crippen LogP contribution is -2.38. The Balaban J connectivity index is 0.00000341. The minimum absolute atomic E-state index is 0. The van der Waals surface area contributed by atoms with Crippen molar-refractivity contribution in [3.63, 3.8) is 0 Å². The third-order valence-corrected chi connectivity index (χ3v) is 5.44. The average Bonchev–Trinajstić information content (AvgIpc) is 3.60. The molecule has 2 saturated carbocycles. The number of amides is 1. The highest BCUT2D eigenvalue weighted by Crippen LogP contribution is 2.20. The van der Waals surface area contributed by atoms with E-state index in [-0.39, 0.29) is 36.5 Å². The van der Waals surface area contributed by atoms with E-state index in [4.69, 9.17) is 9.47 Å². The largest absolute Gasteiger partial charge is 0.484 e. The Morgan fingerprint density at radius 1 is 1.10 bits per heavy atom. The van der Waals surface area contributed by atoms with E-state index in [9.17, 15) is 4.79 Å². The number of carbonyl (C=O) groups is 1. The number of ether oxygens (including phenoxy) is 2. The first-order chi connectivity index (χ1) is 14.7. The molecule has 0 heterocycles. The maximum absolute atomic E-state index is 11.8. The number of hydrogen-bond donors (Lipinski definition) is 3. The summed E-state index contributed by atoms with van der Waals surface area (Å²) in [5, 5.41) is 9.54. The van der Waals surface area contributed by atoms with E-state index in [1.54, 1.807) is 7.05 Å². The smallest absolute Gasteiger partial charge is 0.258 e. The number of guanidine groups is 1. The molecule has 1 aromatic rings. The second-order valence-electron chi connectivity index (χ2n) is 8.11. The summed E-state index contributed by atoms with van der Waals surface area (Å²) in [6, 6.07) is 8.12. The molecule has 0 unspecified atom stereocenters. The molecule has 2 fully saturated rings. The number of aliphatic imine (C=N–C) groups is 1. The third-order valence-electron chi connectivity index (χ3n) is 5.44. The van der Waals surface area contributed by atoms with Crippen LogP contribution in [0.25, 0.3) is 0 Å². The molecule has 0 radical (unpaired) electrons. The van der Waals surface area contributed by atoms with Crippen LogP contribution in [0.5, 0.6) is 5.75 Å². The Morgan fingerprint density at radius 3 is 2.58 bits per heavy atom. The molecule has 31 heavy (non-hydrogen) atoms. The molecule has 3 rings (SSSR count). The molecule has 0 aliphatic heterocycles. The van der Waals surface area contributed by atoms with Gasteiger partial charge >= 0.3 is 0 Å². The second kappa shape index (κ2) is 14.5. The van der Waals surface area contributed by atoms with E-state index in [2.05, 4.69) is 20.9 Å². The first kappa shape index (κ1) is 25.7. The van der Waals surface area contributed by atoms with Crippen molar-refractivity contribution in [2.45, 2.75) is 70.1 Å². The quantitative estimate of drug-likeness (QED) is 0.138. The molecule has 0 atom stereocenters. The van der Waals surface area contributed by atoms with Crippen LogP contribution in [0.2, 0.25) is 0 Å². The van der Waals surface area contributed by atoms with Crippen LogP contribution >= 0.6 is 24.0 Å². The van der Waals surface area contributed by atoms with E-state index < -0.39 is 0 Å². The zero-order valence-electron chi connectivity index (χ0n) is 18.5. The molecule has 2 aliphatic rings. The van der Waals surface area contributed by atoms with Crippen LogP contribution < -0.4 is 20.7 Å². The predicted octanol–water partition coefficient (Wildman–Crippen LogP) is 3.37. The fraction of sp³-hybridized carbons (Fsp3) is 0.652. The monoisotopic (exact) mass is 544 g/mol. The highest BCUT2D eigenvalue weighted by molar-refractivity contribution is 14.0. The molecule has 0 aromatic heterocycles. The third kappa shape index (κ3) is 10.5. The van der Waals surface area contributed by atoms with Crippen LogP contribution in [-0.2, 0) is 16.1 Å². The Bertz CT molecular complexity index is 689. The van der Waals surface area contributed by atoms with E-state index in [1.807, 2.05) is 24.3 Å². The van der Waals surface area contributed by atoms with Gasteiger partial charge in [0.25, 0.3) is 5.91 Å². The standard InChI is InChI=1S/C23H36N4O3.HI/c1-24-23(25-13-14-29-20-8-4-2-3-5-9-20)26-16-18-7-6-10-21(15-18)30-17-22(28)27-19-11-12-19;/h6-7,10,15,19-20H,2-5,8-9,11-14,16-17H2,1H3,(H,27,28)(H2,24,25,26);1H. The highest BCUT2D eigenvalue weighted by Gasteiger charge is 2.23. The van der Waals surface area contributed by atoms with Gasteiger partial charge in [0.2, 0.25) is 0 Å². The first-order valence-electron chi connectivity index (χ1n) is 11.3. The molecule has 8 heteroatoms. The second-order valence-corrected chi connectivity index (χ2v) is 8.11. The molecule has 7 nitrogen and oxygen atoms in total. The highest BCUT2D eigenvalue weighted by atomic mass is 127. The number of rotatable bonds is 10. The predicted molar refractivity (Wildman–Crippen MR) is 134 cm³/mol. The van der Waals surface area contributed by atoms with Gasteiger partial charge in [-0.15, -0.1) is 24.0 Å². The van der Waals surface area contributed by atoms with E-state index in [0.717, 1.165) is 30.9 Å². The van der Waals surface area contributed by atoms with Gasteiger partial charge in [-0.2, -0.15) is 0 Å². The topological polar surface area (TPSA) is 84.0 Å². The molecule has 0 saturated heterocycles. The average molecular weight is 544 g/mol. The summed E-state index contributed by atoms with van der Waals surface area (Å²) < 4.78 is 11.6. The lowest BCUT2D eigenvalue weighted by atomic mass is 10.1. The summed E-state index contributed by atoms with van der Waals surface area (Å²) in [7, 11) is 1.76. The van der Waals surface area contributed by atoms with E-state index in [1.165, 1.54) is 38.5 Å². The van der Waals surface area contributed by atoms with Crippen LogP contribution in [0.1, 0.15) is 56.9 Å². The van der Waals surface area contributed by atoms with Gasteiger partial charge in [0, 0.05) is 26.2 Å². The van der Waals surface area contributed by atoms with Gasteiger partial charge in [-0.3, -0.25) is 9.79 Å². The summed E-state index contributed by atoms with van der Waals surface area (Å²) >= 11 is 0. The van der Waals surface area contributed by atoms with Crippen LogP contribution in [0.15, 0.2) is 29.3 Å². The molecule has 2 aliphatic carbocycles. The minimum atomic E-state index is -0.0586. The molecule has 1 aromatic carbocycles. The minimum Gasteiger partial charge on any atom is -0.484 e. The van der Waals surface area contributed by atoms with Crippen molar-refractivity contribution in [3.8, 4) is 5.75 Å². The maximum Gasteiger partial charge on any atom is 0.258 e. The SMILES string of the molecule is CN=C(NCCOC1CCCCCC1)NCc1cccc(OCC(=O)NC2CC2)c1.I. The van der Waals surface area contributed by atoms with Gasteiger partial charge < -0.3 is 25.4 Å². The first-order valence-corrected chi connectivity index (χ1v) is 11.3. The number of benzene rings is 1. The Labute approximate surface area is 203 Å². The number of halogens is 1. The van der Waals surface area contributed by atoms with E-state index in [0.29, 0.717) is 31.0 Å². The van der Waals surface area contributed by atoms with Gasteiger partial charge in [-0.05, 0) is 43.4 Å². The van der Waals surface area contributed by atoms with Crippen LogP contribution in [0.3, 0.4) is 0 Å². The van der Waals surface area contributed by atoms with Crippen molar-refractivity contribution in [1.29, 1.82) is 0 Å². The molecular formula is C23H37IN4O3. The fourth-order valence-corrected chi connectivity index (χ4v) is 3.60. The summed E-state index contributed by atoms with van der Waals surface area (Å²) in [6.45, 7) is 2.10. The Morgan fingerprint density at radius 2 is 1.87 bits per heavy atom. The van der Waals surface area contributed by atoms with Gasteiger partial charge in [-0.25, -0.2) is 0 Å². The number of hydrogen-bond acceptors (Lipinski definition) is 4. The molecule has 0 bridgehead atoms. The van der Waals surface area contributed by atoms with Gasteiger partial charge in [0.05, 0.1) is 12.7 Å². The zero-order chi connectivity index (χ0) is 21.0. The van der Waals surface area contributed by atoms with Gasteiger partial charge in [0.1, 0.15) is 5.75 Å². The van der Waals surface area contributed by atoms with Crippen molar-refractivity contribution in [2.75, 3.05) is 26.8 Å². The normalized spacial score (nSPS) is 17.3. The molecular weight excluding hydrogens is 507 g/mol. The van der Waals surface area contributed by atoms with Gasteiger partial charge in [-0.1, -0.05) is 37.8 Å². The molecule has 1 amide bonds. The van der Waals surface area contributed by atoms with Crippen LogP contribution in [-0.4, -0.2) is 50.8 Å². The lowest BCUT2D eigenvalue weighted by Gasteiger charge is -2.17. The van der Waals surface area contributed by atoms with Gasteiger partial charge in [0.15, 0.2) is 12.6 Å². The lowest BCUT2D eigenvalue weighted by molar-refractivity contribution is -0.123. The van der Waals surface area contributed by atoms with Crippen LogP contribution in [0, 0.1) is 0 Å². The van der Waals surface area contributed by atoms with Crippen molar-refractivity contribution in [3.05, 3.63) is 29.8 Å². The summed E-state index contributed by atoms with van der Waals surface area (Å²) in [5.74, 6) is 1.38. The fourth-order valence-electron chi connectivity index (χ4n) is 3.60. The summed E-state index contributed by atoms with van der Waals surface area (Å²) in [5.41, 5.74) is 1.06. The Hall–Kier alpha value is -1.55. The van der Waals surface area contributed by atoms with Crippen molar-refractivity contribution < 1.29 is 14.3 Å². The number of nitrogens with one attached hydrogen (secondary N) is 3. The van der Waals surface area contributed by atoms with Crippen molar-refractivity contribution in [2.24, 2.45) is 4.99 Å². The molecule has 174 valence electrons. The molecule has 0 spiro atoms. The number of nitrogens with zero attached hydrogens (tertiary/aromatic N) is 1. The number of carbonyl (C=O) groups excluding carboxylic acids is 1. The summed E-state index contributed by atoms with van der Waals surface area (Å²) in [6.07, 6.45) is 10.2. The van der Waals surface area contributed by atoms with Crippen molar-refractivity contribution >= 4 is 35.8 Å².